The number of carbonyl (C=O) groups excluding carboxylic acids is 1. The minimum Gasteiger partial charge on any atom is -0.480 e. The van der Waals surface area contributed by atoms with Crippen molar-refractivity contribution in [3.63, 3.8) is 0 Å². The molecule has 0 radical (unpaired) electrons. The van der Waals surface area contributed by atoms with Gasteiger partial charge >= 0.3 is 5.97 Å². The number of rotatable bonds is 6. The second-order valence-electron chi connectivity index (χ2n) is 3.44. The number of nitrogens with zero attached hydrogens (tertiary/aromatic N) is 1. The van der Waals surface area contributed by atoms with Crippen LogP contribution < -0.4 is 5.32 Å². The summed E-state index contributed by atoms with van der Waals surface area (Å²) in [6.45, 7) is -0.306. The molecule has 0 saturated heterocycles. The fourth-order valence-corrected chi connectivity index (χ4v) is 1.90. The van der Waals surface area contributed by atoms with Crippen molar-refractivity contribution in [1.29, 1.82) is 0 Å². The van der Waals surface area contributed by atoms with Gasteiger partial charge in [-0.3, -0.25) is 4.79 Å². The van der Waals surface area contributed by atoms with Crippen molar-refractivity contribution >= 4 is 23.6 Å². The summed E-state index contributed by atoms with van der Waals surface area (Å²) in [6, 6.07) is 2.08. The quantitative estimate of drug-likeness (QED) is 0.646. The third-order valence-electron chi connectivity index (χ3n) is 2.23. The fraction of sp³-hybridized carbons (Fsp3) is 0.364. The lowest BCUT2D eigenvalue weighted by molar-refractivity contribution is -0.139. The number of hydrogen-bond donors (Lipinski definition) is 3. The number of carbonyl (C=O) groups is 2. The Hall–Kier alpha value is -1.60. The van der Waals surface area contributed by atoms with Crippen LogP contribution in [-0.2, 0) is 4.79 Å². The standard InChI is InChI=1S/C11H14N2O4S/c1-18-10-7(3-2-5-12-10)9(15)13-8(4-6-14)11(16)17/h2-3,5,8,14H,4,6H2,1H3,(H,13,15)(H,16,17)/t8-/m0/s1. The Bertz CT molecular complexity index is 439. The molecule has 98 valence electrons. The molecule has 0 aliphatic heterocycles. The van der Waals surface area contributed by atoms with Crippen molar-refractivity contribution in [2.75, 3.05) is 12.9 Å². The summed E-state index contributed by atoms with van der Waals surface area (Å²) in [4.78, 5) is 26.8. The summed E-state index contributed by atoms with van der Waals surface area (Å²) >= 11 is 1.30. The molecule has 1 aromatic heterocycles. The van der Waals surface area contributed by atoms with E-state index in [0.717, 1.165) is 0 Å². The lowest BCUT2D eigenvalue weighted by Gasteiger charge is -2.14. The van der Waals surface area contributed by atoms with Crippen molar-refractivity contribution in [2.24, 2.45) is 0 Å². The zero-order valence-electron chi connectivity index (χ0n) is 9.79. The summed E-state index contributed by atoms with van der Waals surface area (Å²) in [5, 5.41) is 20.5. The molecule has 0 aliphatic carbocycles. The molecule has 0 spiro atoms. The molecule has 0 unspecified atom stereocenters. The van der Waals surface area contributed by atoms with Gasteiger partial charge in [-0.25, -0.2) is 9.78 Å². The minimum atomic E-state index is -1.17. The first-order valence-corrected chi connectivity index (χ1v) is 6.46. The summed E-state index contributed by atoms with van der Waals surface area (Å²) in [5.41, 5.74) is 0.328. The molecule has 7 heteroatoms. The van der Waals surface area contributed by atoms with Crippen LogP contribution in [0.25, 0.3) is 0 Å². The van der Waals surface area contributed by atoms with Crippen molar-refractivity contribution in [2.45, 2.75) is 17.5 Å². The predicted molar refractivity (Wildman–Crippen MR) is 66.6 cm³/mol. The molecule has 1 aromatic rings. The topological polar surface area (TPSA) is 99.5 Å². The first-order chi connectivity index (χ1) is 8.60. The van der Waals surface area contributed by atoms with Crippen LogP contribution in [0.1, 0.15) is 16.8 Å². The minimum absolute atomic E-state index is 0.0318. The molecule has 0 aromatic carbocycles. The van der Waals surface area contributed by atoms with Gasteiger partial charge in [0.1, 0.15) is 11.1 Å². The molecule has 0 aliphatic rings. The normalized spacial score (nSPS) is 11.9. The highest BCUT2D eigenvalue weighted by Crippen LogP contribution is 2.16. The molecule has 0 saturated carbocycles. The van der Waals surface area contributed by atoms with Gasteiger partial charge in [0.25, 0.3) is 5.91 Å². The number of nitrogens with one attached hydrogen (secondary N) is 1. The van der Waals surface area contributed by atoms with Gasteiger partial charge in [-0.15, -0.1) is 11.8 Å². The van der Waals surface area contributed by atoms with Crippen LogP contribution in [-0.4, -0.2) is 46.0 Å². The van der Waals surface area contributed by atoms with E-state index < -0.39 is 17.9 Å². The number of aliphatic carboxylic acids is 1. The molecule has 6 nitrogen and oxygen atoms in total. The first kappa shape index (κ1) is 14.5. The highest BCUT2D eigenvalue weighted by molar-refractivity contribution is 7.98. The van der Waals surface area contributed by atoms with Crippen LogP contribution in [0.4, 0.5) is 0 Å². The van der Waals surface area contributed by atoms with E-state index in [0.29, 0.717) is 10.6 Å². The number of carboxylic acids is 1. The van der Waals surface area contributed by atoms with Crippen molar-refractivity contribution in [1.82, 2.24) is 10.3 Å². The Labute approximate surface area is 108 Å². The predicted octanol–water partition coefficient (Wildman–Crippen LogP) is 0.369. The summed E-state index contributed by atoms with van der Waals surface area (Å²) in [7, 11) is 0. The molecule has 18 heavy (non-hydrogen) atoms. The number of aliphatic hydroxyl groups excluding tert-OH is 1. The van der Waals surface area contributed by atoms with E-state index in [4.69, 9.17) is 10.2 Å². The van der Waals surface area contributed by atoms with Crippen LogP contribution in [0.3, 0.4) is 0 Å². The lowest BCUT2D eigenvalue weighted by Crippen LogP contribution is -2.41. The molecular formula is C11H14N2O4S. The zero-order chi connectivity index (χ0) is 13.5. The summed E-state index contributed by atoms with van der Waals surface area (Å²) in [5.74, 6) is -1.68. The number of hydrogen-bond acceptors (Lipinski definition) is 5. The van der Waals surface area contributed by atoms with Crippen molar-refractivity contribution in [3.8, 4) is 0 Å². The maximum absolute atomic E-state index is 11.9. The summed E-state index contributed by atoms with van der Waals surface area (Å²) in [6.07, 6.45) is 3.31. The molecule has 1 atom stereocenters. The van der Waals surface area contributed by atoms with E-state index in [9.17, 15) is 9.59 Å². The largest absolute Gasteiger partial charge is 0.480 e. The van der Waals surface area contributed by atoms with E-state index in [2.05, 4.69) is 10.3 Å². The van der Waals surface area contributed by atoms with E-state index in [1.54, 1.807) is 24.6 Å². The van der Waals surface area contributed by atoms with E-state index in [-0.39, 0.29) is 13.0 Å². The zero-order valence-corrected chi connectivity index (χ0v) is 10.6. The van der Waals surface area contributed by atoms with Gasteiger partial charge in [0.05, 0.1) is 5.56 Å². The van der Waals surface area contributed by atoms with Crippen LogP contribution >= 0.6 is 11.8 Å². The van der Waals surface area contributed by atoms with Crippen LogP contribution in [0.2, 0.25) is 0 Å². The Balaban J connectivity index is 2.83. The smallest absolute Gasteiger partial charge is 0.326 e. The van der Waals surface area contributed by atoms with Crippen molar-refractivity contribution < 1.29 is 19.8 Å². The second-order valence-corrected chi connectivity index (χ2v) is 4.23. The first-order valence-electron chi connectivity index (χ1n) is 5.23. The van der Waals surface area contributed by atoms with Gasteiger partial charge in [0, 0.05) is 19.2 Å². The molecule has 0 bridgehead atoms. The molecule has 3 N–H and O–H groups in total. The van der Waals surface area contributed by atoms with Gasteiger partial charge in [-0.2, -0.15) is 0 Å². The van der Waals surface area contributed by atoms with Gasteiger partial charge in [-0.1, -0.05) is 0 Å². The van der Waals surface area contributed by atoms with E-state index in [1.165, 1.54) is 11.8 Å². The molecule has 1 heterocycles. The highest BCUT2D eigenvalue weighted by atomic mass is 32.2. The molecule has 0 fully saturated rings. The Morgan fingerprint density at radius 1 is 1.56 bits per heavy atom. The molecule has 1 amide bonds. The Morgan fingerprint density at radius 3 is 2.83 bits per heavy atom. The van der Waals surface area contributed by atoms with Gasteiger partial charge in [0.15, 0.2) is 0 Å². The third kappa shape index (κ3) is 3.71. The second kappa shape index (κ2) is 6.97. The fourth-order valence-electron chi connectivity index (χ4n) is 1.35. The lowest BCUT2D eigenvalue weighted by atomic mass is 10.2. The highest BCUT2D eigenvalue weighted by Gasteiger charge is 2.21. The number of aliphatic hydroxyl groups is 1. The number of amides is 1. The van der Waals surface area contributed by atoms with Crippen LogP contribution in [0, 0.1) is 0 Å². The average molecular weight is 270 g/mol. The summed E-state index contributed by atoms with van der Waals surface area (Å²) < 4.78 is 0. The SMILES string of the molecule is CSc1ncccc1C(=O)N[C@@H](CCO)C(=O)O. The number of thioether (sulfide) groups is 1. The van der Waals surface area contributed by atoms with E-state index in [1.807, 2.05) is 0 Å². The number of carboxylic acid groups (broad SMARTS) is 1. The Morgan fingerprint density at radius 2 is 2.28 bits per heavy atom. The third-order valence-corrected chi connectivity index (χ3v) is 2.94. The van der Waals surface area contributed by atoms with Crippen molar-refractivity contribution in [3.05, 3.63) is 23.9 Å². The maximum Gasteiger partial charge on any atom is 0.326 e. The number of pyridine rings is 1. The monoisotopic (exact) mass is 270 g/mol. The van der Waals surface area contributed by atoms with Crippen LogP contribution in [0.5, 0.6) is 0 Å². The van der Waals surface area contributed by atoms with Crippen LogP contribution in [0.15, 0.2) is 23.4 Å². The van der Waals surface area contributed by atoms with Gasteiger partial charge in [-0.05, 0) is 18.4 Å². The van der Waals surface area contributed by atoms with E-state index >= 15 is 0 Å². The number of aromatic nitrogens is 1. The maximum atomic E-state index is 11.9. The molecular weight excluding hydrogens is 256 g/mol. The van der Waals surface area contributed by atoms with Gasteiger partial charge in [0.2, 0.25) is 0 Å². The Kier molecular flexibility index (Phi) is 5.60. The molecule has 1 rings (SSSR count). The van der Waals surface area contributed by atoms with Gasteiger partial charge < -0.3 is 15.5 Å². The average Bonchev–Trinajstić information content (AvgIpc) is 2.37.